The summed E-state index contributed by atoms with van der Waals surface area (Å²) in [6.07, 6.45) is -0.946. The lowest BCUT2D eigenvalue weighted by atomic mass is 10.1. The molecule has 2 aromatic rings. The number of carbonyl (C=O) groups is 2. The summed E-state index contributed by atoms with van der Waals surface area (Å²) in [6.45, 7) is 2.78. The van der Waals surface area contributed by atoms with Gasteiger partial charge in [0.1, 0.15) is 17.6 Å². The van der Waals surface area contributed by atoms with Crippen LogP contribution < -0.4 is 10.1 Å². The van der Waals surface area contributed by atoms with Gasteiger partial charge in [0, 0.05) is 5.69 Å². The first-order valence-corrected chi connectivity index (χ1v) is 7.67. The van der Waals surface area contributed by atoms with Crippen molar-refractivity contribution in [1.82, 2.24) is 0 Å². The number of ether oxygens (including phenoxy) is 1. The van der Waals surface area contributed by atoms with Crippen LogP contribution in [0.4, 0.5) is 10.1 Å². The van der Waals surface area contributed by atoms with Crippen LogP contribution >= 0.6 is 11.6 Å². The summed E-state index contributed by atoms with van der Waals surface area (Å²) in [5, 5.41) is 11.6. The van der Waals surface area contributed by atoms with Gasteiger partial charge in [0.2, 0.25) is 0 Å². The molecule has 0 saturated heterocycles. The Hall–Kier alpha value is -2.91. The Morgan fingerprint density at radius 2 is 2.00 bits per heavy atom. The van der Waals surface area contributed by atoms with Crippen molar-refractivity contribution in [2.45, 2.75) is 20.0 Å². The maximum atomic E-state index is 13.3. The maximum Gasteiger partial charge on any atom is 0.265 e. The predicted molar refractivity (Wildman–Crippen MR) is 91.3 cm³/mol. The van der Waals surface area contributed by atoms with Crippen LogP contribution in [-0.2, 0) is 4.79 Å². The molecule has 25 heavy (non-hydrogen) atoms. The molecule has 0 bridgehead atoms. The molecule has 0 aliphatic carbocycles. The molecule has 2 aromatic carbocycles. The van der Waals surface area contributed by atoms with Crippen LogP contribution in [-0.4, -0.2) is 17.8 Å². The number of nitrogens with zero attached hydrogens (tertiary/aromatic N) is 1. The first-order valence-electron chi connectivity index (χ1n) is 7.29. The van der Waals surface area contributed by atoms with E-state index in [1.807, 2.05) is 6.07 Å². The highest BCUT2D eigenvalue weighted by Gasteiger charge is 2.19. The molecule has 5 nitrogen and oxygen atoms in total. The zero-order valence-electron chi connectivity index (χ0n) is 13.5. The van der Waals surface area contributed by atoms with Gasteiger partial charge in [-0.05, 0) is 50.2 Å². The summed E-state index contributed by atoms with van der Waals surface area (Å²) in [6, 6.07) is 9.89. The summed E-state index contributed by atoms with van der Waals surface area (Å²) in [5.74, 6) is -1.31. The molecule has 0 aliphatic heterocycles. The molecule has 1 atom stereocenters. The second-order valence-electron chi connectivity index (χ2n) is 5.25. The van der Waals surface area contributed by atoms with Gasteiger partial charge in [0.15, 0.2) is 11.9 Å². The Labute approximate surface area is 149 Å². The van der Waals surface area contributed by atoms with Gasteiger partial charge in [0.05, 0.1) is 16.1 Å². The zero-order chi connectivity index (χ0) is 18.6. The minimum atomic E-state index is -0.946. The minimum absolute atomic E-state index is 0.0565. The summed E-state index contributed by atoms with van der Waals surface area (Å²) in [7, 11) is 0. The number of nitriles is 1. The van der Waals surface area contributed by atoms with Crippen LogP contribution in [0.15, 0.2) is 36.4 Å². The molecule has 128 valence electrons. The topological polar surface area (TPSA) is 79.2 Å². The number of halogens is 2. The number of ketones is 1. The lowest BCUT2D eigenvalue weighted by Crippen LogP contribution is -2.30. The highest BCUT2D eigenvalue weighted by atomic mass is 35.5. The normalized spacial score (nSPS) is 11.3. The molecule has 0 saturated carbocycles. The van der Waals surface area contributed by atoms with Gasteiger partial charge in [-0.25, -0.2) is 4.39 Å². The van der Waals surface area contributed by atoms with Crippen molar-refractivity contribution in [3.05, 3.63) is 58.4 Å². The fourth-order valence-electron chi connectivity index (χ4n) is 2.05. The van der Waals surface area contributed by atoms with Gasteiger partial charge < -0.3 is 10.1 Å². The van der Waals surface area contributed by atoms with Crippen molar-refractivity contribution in [2.75, 3.05) is 5.32 Å². The first-order chi connectivity index (χ1) is 11.8. The lowest BCUT2D eigenvalue weighted by molar-refractivity contribution is -0.122. The third-order valence-electron chi connectivity index (χ3n) is 3.35. The van der Waals surface area contributed by atoms with Crippen molar-refractivity contribution >= 4 is 29.0 Å². The number of Topliss-reactive ketones (excluding diaryl/α,β-unsaturated/α-hetero) is 1. The summed E-state index contributed by atoms with van der Waals surface area (Å²) < 4.78 is 18.8. The second-order valence-corrected chi connectivity index (χ2v) is 5.66. The van der Waals surface area contributed by atoms with E-state index >= 15 is 0 Å². The number of anilines is 1. The fraction of sp³-hybridized carbons (Fsp3) is 0.167. The zero-order valence-corrected chi connectivity index (χ0v) is 14.2. The molecule has 0 aromatic heterocycles. The van der Waals surface area contributed by atoms with Crippen molar-refractivity contribution in [3.8, 4) is 11.8 Å². The van der Waals surface area contributed by atoms with E-state index in [0.717, 1.165) is 12.1 Å². The Morgan fingerprint density at radius 1 is 1.28 bits per heavy atom. The first kappa shape index (κ1) is 18.4. The summed E-state index contributed by atoms with van der Waals surface area (Å²) in [4.78, 5) is 23.8. The van der Waals surface area contributed by atoms with Crippen LogP contribution in [0.2, 0.25) is 5.02 Å². The van der Waals surface area contributed by atoms with E-state index in [2.05, 4.69) is 5.32 Å². The molecule has 0 spiro atoms. The highest BCUT2D eigenvalue weighted by molar-refractivity contribution is 6.32. The quantitative estimate of drug-likeness (QED) is 0.818. The highest BCUT2D eigenvalue weighted by Crippen LogP contribution is 2.23. The van der Waals surface area contributed by atoms with Gasteiger partial charge in [-0.1, -0.05) is 11.6 Å². The van der Waals surface area contributed by atoms with E-state index in [-0.39, 0.29) is 22.1 Å². The molecule has 1 amide bonds. The largest absolute Gasteiger partial charge is 0.480 e. The molecule has 1 N–H and O–H groups in total. The maximum absolute atomic E-state index is 13.3. The van der Waals surface area contributed by atoms with Crippen LogP contribution in [0.3, 0.4) is 0 Å². The molecular formula is C18H14ClFN2O3. The SMILES string of the molecule is CC(=O)c1cc(F)ccc1O[C@H](C)C(=O)Nc1ccc(C#N)c(Cl)c1. The van der Waals surface area contributed by atoms with E-state index in [0.29, 0.717) is 11.3 Å². The average Bonchev–Trinajstić information content (AvgIpc) is 2.56. The van der Waals surface area contributed by atoms with Crippen molar-refractivity contribution < 1.29 is 18.7 Å². The Kier molecular flexibility index (Phi) is 5.73. The number of amides is 1. The van der Waals surface area contributed by atoms with Crippen molar-refractivity contribution in [3.63, 3.8) is 0 Å². The molecule has 0 heterocycles. The van der Waals surface area contributed by atoms with E-state index in [4.69, 9.17) is 21.6 Å². The number of carbonyl (C=O) groups excluding carboxylic acids is 2. The van der Waals surface area contributed by atoms with Gasteiger partial charge >= 0.3 is 0 Å². The molecule has 0 aliphatic rings. The number of hydrogen-bond acceptors (Lipinski definition) is 4. The van der Waals surface area contributed by atoms with Gasteiger partial charge in [0.25, 0.3) is 5.91 Å². The summed E-state index contributed by atoms with van der Waals surface area (Å²) in [5.41, 5.74) is 0.748. The van der Waals surface area contributed by atoms with Gasteiger partial charge in [-0.3, -0.25) is 9.59 Å². The smallest absolute Gasteiger partial charge is 0.265 e. The Balaban J connectivity index is 2.12. The minimum Gasteiger partial charge on any atom is -0.480 e. The summed E-state index contributed by atoms with van der Waals surface area (Å²) >= 11 is 5.91. The Morgan fingerprint density at radius 3 is 2.60 bits per heavy atom. The van der Waals surface area contributed by atoms with Crippen LogP contribution in [0.5, 0.6) is 5.75 Å². The molecule has 0 unspecified atom stereocenters. The number of hydrogen-bond donors (Lipinski definition) is 1. The molecule has 0 radical (unpaired) electrons. The van der Waals surface area contributed by atoms with Crippen LogP contribution in [0.1, 0.15) is 29.8 Å². The molecular weight excluding hydrogens is 347 g/mol. The van der Waals surface area contributed by atoms with E-state index in [1.165, 1.54) is 38.1 Å². The van der Waals surface area contributed by atoms with Crippen LogP contribution in [0.25, 0.3) is 0 Å². The molecule has 2 rings (SSSR count). The van der Waals surface area contributed by atoms with Gasteiger partial charge in [-0.2, -0.15) is 5.26 Å². The van der Waals surface area contributed by atoms with E-state index < -0.39 is 17.8 Å². The fourth-order valence-corrected chi connectivity index (χ4v) is 2.27. The third kappa shape index (κ3) is 4.55. The predicted octanol–water partition coefficient (Wildman–Crippen LogP) is 3.96. The molecule has 7 heteroatoms. The number of benzene rings is 2. The number of rotatable bonds is 5. The number of nitrogens with one attached hydrogen (secondary N) is 1. The average molecular weight is 361 g/mol. The third-order valence-corrected chi connectivity index (χ3v) is 3.66. The van der Waals surface area contributed by atoms with E-state index in [1.54, 1.807) is 0 Å². The Bertz CT molecular complexity index is 877. The standard InChI is InChI=1S/C18H14ClFN2O3/c1-10(23)15-7-13(20)4-6-17(15)25-11(2)18(24)22-14-5-3-12(9-21)16(19)8-14/h3-8,11H,1-2H3,(H,22,24)/t11-/m1/s1. The second kappa shape index (κ2) is 7.77. The lowest BCUT2D eigenvalue weighted by Gasteiger charge is -2.16. The van der Waals surface area contributed by atoms with Crippen molar-refractivity contribution in [1.29, 1.82) is 5.26 Å². The van der Waals surface area contributed by atoms with Gasteiger partial charge in [-0.15, -0.1) is 0 Å². The molecule has 0 fully saturated rings. The van der Waals surface area contributed by atoms with Crippen LogP contribution in [0, 0.1) is 17.1 Å². The van der Waals surface area contributed by atoms with E-state index in [9.17, 15) is 14.0 Å². The van der Waals surface area contributed by atoms with Crippen molar-refractivity contribution in [2.24, 2.45) is 0 Å². The monoisotopic (exact) mass is 360 g/mol.